The van der Waals surface area contributed by atoms with Gasteiger partial charge in [0.25, 0.3) is 0 Å². The molecule has 0 aromatic rings. The van der Waals surface area contributed by atoms with E-state index in [4.69, 9.17) is 8.76 Å². The van der Waals surface area contributed by atoms with Crippen molar-refractivity contribution < 1.29 is 25.4 Å². The fourth-order valence-electron chi connectivity index (χ4n) is 0. The van der Waals surface area contributed by atoms with Crippen molar-refractivity contribution in [2.24, 2.45) is 0 Å². The minimum absolute atomic E-state index is 0. The molecule has 0 fully saturated rings. The van der Waals surface area contributed by atoms with Crippen LogP contribution < -0.4 is 12.4 Å². The van der Waals surface area contributed by atoms with Crippen molar-refractivity contribution >= 4 is 11.4 Å². The van der Waals surface area contributed by atoms with Gasteiger partial charge in [-0.1, -0.05) is 0 Å². The highest BCUT2D eigenvalue weighted by atomic mass is 35.5. The second-order valence-electron chi connectivity index (χ2n) is 0.371. The molecule has 0 aromatic carbocycles. The maximum atomic E-state index is 9.15. The van der Waals surface area contributed by atoms with E-state index in [0.29, 0.717) is 0 Å². The first-order valence-electron chi connectivity index (χ1n) is 0.908. The zero-order chi connectivity index (χ0) is 4.28. The lowest BCUT2D eigenvalue weighted by Gasteiger charge is -1.94. The molecule has 0 saturated heterocycles. The van der Waals surface area contributed by atoms with Gasteiger partial charge in [-0.15, -0.1) is 0 Å². The van der Waals surface area contributed by atoms with Crippen LogP contribution in [0.15, 0.2) is 0 Å². The molecule has 0 heterocycles. The van der Waals surface area contributed by atoms with Crippen LogP contribution in [0.2, 0.25) is 0 Å². The van der Waals surface area contributed by atoms with E-state index in [1.54, 1.807) is 0 Å². The summed E-state index contributed by atoms with van der Waals surface area (Å²) in [6.07, 6.45) is 0. The Bertz CT molecular complexity index is 46.1. The van der Waals surface area contributed by atoms with Crippen molar-refractivity contribution in [1.82, 2.24) is 0 Å². The van der Waals surface area contributed by atoms with E-state index < -0.39 is 11.4 Å². The highest BCUT2D eigenvalue weighted by Crippen LogP contribution is 1.63. The molecule has 0 saturated carbocycles. The number of rotatable bonds is 1. The highest BCUT2D eigenvalue weighted by molar-refractivity contribution is 7.74. The average Bonchev–Trinajstić information content (AvgIpc) is 1.38. The molecule has 0 aliphatic carbocycles. The maximum Gasteiger partial charge on any atom is 0.0839 e. The number of halogens is 1. The van der Waals surface area contributed by atoms with Gasteiger partial charge in [0.15, 0.2) is 0 Å². The highest BCUT2D eigenvalue weighted by Gasteiger charge is 1.59. The van der Waals surface area contributed by atoms with Crippen LogP contribution in [0.3, 0.4) is 0 Å². The molecule has 0 bridgehead atoms. The van der Waals surface area contributed by atoms with Crippen molar-refractivity contribution in [3.05, 3.63) is 0 Å². The Morgan fingerprint density at radius 3 is 2.00 bits per heavy atom. The summed E-state index contributed by atoms with van der Waals surface area (Å²) < 4.78 is 22.0. The first kappa shape index (κ1) is 9.61. The first-order valence-corrected chi connectivity index (χ1v) is 1.91. The lowest BCUT2D eigenvalue weighted by molar-refractivity contribution is -0.00000455. The van der Waals surface area contributed by atoms with E-state index in [0.717, 1.165) is 7.11 Å². The minimum Gasteiger partial charge on any atom is -1.00 e. The summed E-state index contributed by atoms with van der Waals surface area (Å²) in [5.74, 6) is 0. The Hall–Kier alpha value is 0.360. The molecule has 0 spiro atoms. The molecular formula is CH3ClO3S-2. The molecule has 0 radical (unpaired) electrons. The predicted octanol–water partition coefficient (Wildman–Crippen LogP) is -3.57. The van der Waals surface area contributed by atoms with Gasteiger partial charge in [-0.25, -0.2) is 4.21 Å². The van der Waals surface area contributed by atoms with Gasteiger partial charge in [0, 0.05) is 0 Å². The van der Waals surface area contributed by atoms with Gasteiger partial charge in [-0.2, -0.15) is 0 Å². The summed E-state index contributed by atoms with van der Waals surface area (Å²) in [6, 6.07) is 0. The lowest BCUT2D eigenvalue weighted by atomic mass is 11.8. The fourth-order valence-corrected chi connectivity index (χ4v) is 0. The van der Waals surface area contributed by atoms with E-state index in [1.165, 1.54) is 0 Å². The quantitative estimate of drug-likeness (QED) is 0.345. The molecule has 0 aliphatic heterocycles. The normalized spacial score (nSPS) is 12.3. The summed E-state index contributed by atoms with van der Waals surface area (Å²) in [7, 11) is 1.09. The van der Waals surface area contributed by atoms with Crippen molar-refractivity contribution in [3.8, 4) is 0 Å². The van der Waals surface area contributed by atoms with E-state index >= 15 is 0 Å². The predicted molar refractivity (Wildman–Crippen MR) is 15.9 cm³/mol. The third-order valence-corrected chi connectivity index (χ3v) is 0.408. The monoisotopic (exact) mass is 130 g/mol. The Kier molecular flexibility index (Phi) is 8.59. The van der Waals surface area contributed by atoms with Crippen LogP contribution in [0.4, 0.5) is 0 Å². The van der Waals surface area contributed by atoms with Gasteiger partial charge in [0.05, 0.1) is 18.5 Å². The van der Waals surface area contributed by atoms with Gasteiger partial charge in [0.1, 0.15) is 0 Å². The summed E-state index contributed by atoms with van der Waals surface area (Å²) in [5, 5.41) is 0. The van der Waals surface area contributed by atoms with Gasteiger partial charge in [-0.3, -0.25) is 0 Å². The second-order valence-corrected chi connectivity index (χ2v) is 1.11. The maximum absolute atomic E-state index is 9.15. The Balaban J connectivity index is 0. The Labute approximate surface area is 44.6 Å². The summed E-state index contributed by atoms with van der Waals surface area (Å²) in [5.41, 5.74) is 0. The Morgan fingerprint density at radius 2 is 2.00 bits per heavy atom. The van der Waals surface area contributed by atoms with Gasteiger partial charge in [0.2, 0.25) is 0 Å². The molecule has 0 rings (SSSR count). The van der Waals surface area contributed by atoms with Crippen molar-refractivity contribution in [2.75, 3.05) is 7.11 Å². The zero-order valence-corrected chi connectivity index (χ0v) is 4.58. The van der Waals surface area contributed by atoms with Crippen LogP contribution in [-0.4, -0.2) is 15.9 Å². The van der Waals surface area contributed by atoms with Gasteiger partial charge < -0.3 is 21.1 Å². The molecule has 0 aromatic heterocycles. The van der Waals surface area contributed by atoms with Crippen LogP contribution in [0.25, 0.3) is 0 Å². The van der Waals surface area contributed by atoms with Crippen molar-refractivity contribution in [1.29, 1.82) is 0 Å². The van der Waals surface area contributed by atoms with Crippen LogP contribution >= 0.6 is 0 Å². The molecule has 5 heteroatoms. The number of hydrogen-bond acceptors (Lipinski definition) is 3. The molecule has 0 amide bonds. The Morgan fingerprint density at radius 1 is 1.83 bits per heavy atom. The van der Waals surface area contributed by atoms with E-state index in [2.05, 4.69) is 4.18 Å². The molecular weight excluding hydrogens is 128 g/mol. The van der Waals surface area contributed by atoms with Gasteiger partial charge in [-0.05, 0) is 0 Å². The topological polar surface area (TPSA) is 49.4 Å². The summed E-state index contributed by atoms with van der Waals surface area (Å²) in [4.78, 5) is 0. The second kappa shape index (κ2) is 5.36. The third-order valence-electron chi connectivity index (χ3n) is 0.136. The van der Waals surface area contributed by atoms with Crippen LogP contribution in [0, 0.1) is 0 Å². The summed E-state index contributed by atoms with van der Waals surface area (Å²) >= 11 is -2.32. The SMILES string of the molecule is COS(=O)[O-].[Cl-]. The first-order chi connectivity index (χ1) is 2.27. The smallest absolute Gasteiger partial charge is 0.0839 e. The lowest BCUT2D eigenvalue weighted by Crippen LogP contribution is -3.00. The standard InChI is InChI=1S/CH4O3S.ClH/c1-4-5(2)3;/h1H3,(H,2,3);1H/p-2. The zero-order valence-electron chi connectivity index (χ0n) is 3.01. The van der Waals surface area contributed by atoms with Crippen LogP contribution in [0.1, 0.15) is 0 Å². The number of hydrogen-bond donors (Lipinski definition) is 0. The van der Waals surface area contributed by atoms with Crippen molar-refractivity contribution in [3.63, 3.8) is 0 Å². The summed E-state index contributed by atoms with van der Waals surface area (Å²) in [6.45, 7) is 0. The molecule has 3 nitrogen and oxygen atoms in total. The molecule has 6 heavy (non-hydrogen) atoms. The fraction of sp³-hybridized carbons (Fsp3) is 1.00. The largest absolute Gasteiger partial charge is 1.00 e. The molecule has 40 valence electrons. The molecule has 1 atom stereocenters. The van der Waals surface area contributed by atoms with E-state index in [1.807, 2.05) is 0 Å². The van der Waals surface area contributed by atoms with Crippen molar-refractivity contribution in [2.45, 2.75) is 0 Å². The minimum atomic E-state index is -2.32. The average molecular weight is 131 g/mol. The molecule has 0 N–H and O–H groups in total. The van der Waals surface area contributed by atoms with Crippen LogP contribution in [-0.2, 0) is 15.5 Å². The molecule has 1 unspecified atom stereocenters. The van der Waals surface area contributed by atoms with Crippen LogP contribution in [0.5, 0.6) is 0 Å². The van der Waals surface area contributed by atoms with E-state index in [-0.39, 0.29) is 12.4 Å². The van der Waals surface area contributed by atoms with E-state index in [9.17, 15) is 0 Å². The molecule has 0 aliphatic rings. The third kappa shape index (κ3) is 8.84. The van der Waals surface area contributed by atoms with Gasteiger partial charge >= 0.3 is 0 Å².